The minimum atomic E-state index is -0.951. The molecule has 2 saturated heterocycles. The summed E-state index contributed by atoms with van der Waals surface area (Å²) in [4.78, 5) is 35.3. The van der Waals surface area contributed by atoms with Crippen molar-refractivity contribution < 1.29 is 14.3 Å². The first kappa shape index (κ1) is 18.6. The van der Waals surface area contributed by atoms with Gasteiger partial charge in [0.25, 0.3) is 0 Å². The molecule has 8 heteroatoms. The van der Waals surface area contributed by atoms with Gasteiger partial charge in [0, 0.05) is 31.5 Å². The monoisotopic (exact) mass is 360 g/mol. The lowest BCUT2D eigenvalue weighted by atomic mass is 9.99. The van der Waals surface area contributed by atoms with E-state index in [9.17, 15) is 9.59 Å². The van der Waals surface area contributed by atoms with E-state index in [2.05, 4.69) is 19.6 Å². The van der Waals surface area contributed by atoms with Crippen LogP contribution in [0, 0.1) is 6.42 Å². The molecule has 2 aliphatic rings. The molecule has 1 aromatic heterocycles. The molecule has 3 heterocycles. The van der Waals surface area contributed by atoms with Crippen LogP contribution in [0.2, 0.25) is 0 Å². The summed E-state index contributed by atoms with van der Waals surface area (Å²) in [7, 11) is 0. The Morgan fingerprint density at radius 2 is 1.77 bits per heavy atom. The smallest absolute Gasteiger partial charge is 0.374 e. The van der Waals surface area contributed by atoms with Crippen LogP contribution in [0.15, 0.2) is 12.4 Å². The van der Waals surface area contributed by atoms with Gasteiger partial charge >= 0.3 is 12.1 Å². The molecule has 26 heavy (non-hydrogen) atoms. The van der Waals surface area contributed by atoms with E-state index in [0.717, 1.165) is 31.5 Å². The maximum Gasteiger partial charge on any atom is 0.412 e. The fourth-order valence-corrected chi connectivity index (χ4v) is 3.66. The molecular weight excluding hydrogens is 334 g/mol. The summed E-state index contributed by atoms with van der Waals surface area (Å²) in [5.41, 5.74) is 5.68. The fraction of sp³-hybridized carbons (Fsp3) is 0.611. The minimum absolute atomic E-state index is 0.0551. The maximum absolute atomic E-state index is 12.4. The molecule has 0 aliphatic carbocycles. The van der Waals surface area contributed by atoms with E-state index in [-0.39, 0.29) is 11.9 Å². The van der Waals surface area contributed by atoms with Crippen LogP contribution < -0.4 is 10.5 Å². The number of carbonyl (C=O) groups is 2. The van der Waals surface area contributed by atoms with Gasteiger partial charge in [-0.25, -0.2) is 14.8 Å². The summed E-state index contributed by atoms with van der Waals surface area (Å²) in [5.74, 6) is 0.0551. The van der Waals surface area contributed by atoms with Crippen molar-refractivity contribution in [2.75, 3.05) is 26.2 Å². The first-order valence-corrected chi connectivity index (χ1v) is 9.26. The zero-order chi connectivity index (χ0) is 18.4. The van der Waals surface area contributed by atoms with E-state index in [0.29, 0.717) is 12.5 Å². The van der Waals surface area contributed by atoms with E-state index in [4.69, 9.17) is 5.73 Å². The third-order valence-electron chi connectivity index (χ3n) is 5.07. The summed E-state index contributed by atoms with van der Waals surface area (Å²) < 4.78 is 4.58. The predicted octanol–water partition coefficient (Wildman–Crippen LogP) is 1.16. The van der Waals surface area contributed by atoms with Gasteiger partial charge in [0.15, 0.2) is 0 Å². The molecule has 8 nitrogen and oxygen atoms in total. The fourth-order valence-electron chi connectivity index (χ4n) is 3.66. The molecule has 2 amide bonds. The van der Waals surface area contributed by atoms with Gasteiger partial charge in [-0.2, -0.15) is 0 Å². The molecule has 0 unspecified atom stereocenters. The number of amides is 2. The Bertz CT molecular complexity index is 608. The van der Waals surface area contributed by atoms with Crippen molar-refractivity contribution in [3.8, 4) is 6.01 Å². The van der Waals surface area contributed by atoms with E-state index < -0.39 is 6.09 Å². The van der Waals surface area contributed by atoms with Crippen LogP contribution in [0.4, 0.5) is 4.79 Å². The van der Waals surface area contributed by atoms with Gasteiger partial charge < -0.3 is 20.3 Å². The van der Waals surface area contributed by atoms with Crippen LogP contribution in [0.1, 0.15) is 37.7 Å². The van der Waals surface area contributed by atoms with Crippen molar-refractivity contribution in [1.82, 2.24) is 19.8 Å². The second kappa shape index (κ2) is 8.93. The lowest BCUT2D eigenvalue weighted by Gasteiger charge is -2.40. The quantitative estimate of drug-likeness (QED) is 0.845. The zero-order valence-electron chi connectivity index (χ0n) is 15.0. The Labute approximate surface area is 153 Å². The summed E-state index contributed by atoms with van der Waals surface area (Å²) in [6.45, 7) is 4.05. The Morgan fingerprint density at radius 3 is 2.38 bits per heavy atom. The number of rotatable bonds is 5. The molecule has 141 valence electrons. The van der Waals surface area contributed by atoms with Crippen molar-refractivity contribution in [1.29, 1.82) is 0 Å². The van der Waals surface area contributed by atoms with Gasteiger partial charge in [0.05, 0.1) is 6.42 Å². The van der Waals surface area contributed by atoms with Gasteiger partial charge in [-0.1, -0.05) is 6.42 Å². The van der Waals surface area contributed by atoms with Crippen LogP contribution in [0.25, 0.3) is 0 Å². The van der Waals surface area contributed by atoms with Crippen molar-refractivity contribution >= 4 is 12.0 Å². The highest BCUT2D eigenvalue weighted by Crippen LogP contribution is 2.21. The Kier molecular flexibility index (Phi) is 6.38. The molecule has 3 rings (SSSR count). The Hall–Kier alpha value is -2.22. The molecule has 0 spiro atoms. The van der Waals surface area contributed by atoms with Crippen LogP contribution in [-0.2, 0) is 11.2 Å². The van der Waals surface area contributed by atoms with E-state index >= 15 is 0 Å². The van der Waals surface area contributed by atoms with Gasteiger partial charge in [0.2, 0.25) is 5.91 Å². The highest BCUT2D eigenvalue weighted by molar-refractivity contribution is 5.85. The summed E-state index contributed by atoms with van der Waals surface area (Å²) in [6.07, 6.45) is 10.3. The lowest BCUT2D eigenvalue weighted by Crippen LogP contribution is -2.48. The van der Waals surface area contributed by atoms with Gasteiger partial charge in [0.1, 0.15) is 0 Å². The third kappa shape index (κ3) is 5.14. The normalized spacial score (nSPS) is 19.3. The molecule has 2 aliphatic heterocycles. The molecule has 0 atom stereocenters. The summed E-state index contributed by atoms with van der Waals surface area (Å²) in [6, 6.07) is 0.540. The Balaban J connectivity index is 1.40. The molecule has 0 saturated carbocycles. The van der Waals surface area contributed by atoms with Crippen LogP contribution in [0.3, 0.4) is 0 Å². The number of ether oxygens (including phenoxy) is 1. The van der Waals surface area contributed by atoms with Crippen LogP contribution in [-0.4, -0.2) is 64.0 Å². The molecular formula is C18H26N5O3. The second-order valence-corrected chi connectivity index (χ2v) is 6.86. The number of likely N-dealkylation sites (tertiary alicyclic amines) is 2. The lowest BCUT2D eigenvalue weighted by molar-refractivity contribution is -0.129. The molecule has 2 N–H and O–H groups in total. The topological polar surface area (TPSA) is 102 Å². The molecule has 1 aromatic rings. The first-order chi connectivity index (χ1) is 12.6. The number of nitrogens with zero attached hydrogens (tertiary/aromatic N) is 4. The van der Waals surface area contributed by atoms with Crippen molar-refractivity contribution in [2.24, 2.45) is 5.73 Å². The molecule has 0 bridgehead atoms. The van der Waals surface area contributed by atoms with Crippen molar-refractivity contribution in [2.45, 2.75) is 44.6 Å². The average molecular weight is 360 g/mol. The van der Waals surface area contributed by atoms with E-state index in [1.807, 2.05) is 4.90 Å². The van der Waals surface area contributed by atoms with Gasteiger partial charge in [-0.3, -0.25) is 4.79 Å². The predicted molar refractivity (Wildman–Crippen MR) is 95.3 cm³/mol. The zero-order valence-corrected chi connectivity index (χ0v) is 15.0. The van der Waals surface area contributed by atoms with E-state index in [1.54, 1.807) is 6.42 Å². The number of aromatic nitrogens is 2. The number of primary amides is 1. The van der Waals surface area contributed by atoms with Crippen molar-refractivity contribution in [3.63, 3.8) is 0 Å². The van der Waals surface area contributed by atoms with Crippen LogP contribution >= 0.6 is 0 Å². The first-order valence-electron chi connectivity index (χ1n) is 9.26. The van der Waals surface area contributed by atoms with Crippen molar-refractivity contribution in [3.05, 3.63) is 24.4 Å². The van der Waals surface area contributed by atoms with Crippen LogP contribution in [0.5, 0.6) is 6.01 Å². The number of hydrogen-bond donors (Lipinski definition) is 1. The van der Waals surface area contributed by atoms with Gasteiger partial charge in [-0.15, -0.1) is 0 Å². The molecule has 0 aromatic carbocycles. The number of nitrogens with two attached hydrogens (primary N) is 1. The summed E-state index contributed by atoms with van der Waals surface area (Å²) in [5, 5.41) is 0. The minimum Gasteiger partial charge on any atom is -0.374 e. The second-order valence-electron chi connectivity index (χ2n) is 6.86. The Morgan fingerprint density at radius 1 is 1.12 bits per heavy atom. The number of piperidine rings is 2. The highest BCUT2D eigenvalue weighted by atomic mass is 16.6. The van der Waals surface area contributed by atoms with E-state index in [1.165, 1.54) is 44.7 Å². The SMILES string of the molecule is NC(=O)Oc1ncc(C[CH]C(=O)N2CCC(N3CCCCC3)CC2)cn1. The molecule has 2 fully saturated rings. The highest BCUT2D eigenvalue weighted by Gasteiger charge is 2.27. The maximum atomic E-state index is 12.4. The summed E-state index contributed by atoms with van der Waals surface area (Å²) >= 11 is 0. The standard InChI is InChI=1S/C18H26N5O3/c19-17(25)26-18-20-12-14(13-21-18)4-5-16(24)23-10-6-15(7-11-23)22-8-2-1-3-9-22/h5,12-13,15H,1-4,6-11H2,(H2,19,25). The average Bonchev–Trinajstić information content (AvgIpc) is 2.67. The largest absolute Gasteiger partial charge is 0.412 e. The number of hydrogen-bond acceptors (Lipinski definition) is 6. The van der Waals surface area contributed by atoms with Gasteiger partial charge in [-0.05, 0) is 50.8 Å². The number of carbonyl (C=O) groups excluding carboxylic acids is 2. The molecule has 1 radical (unpaired) electrons. The third-order valence-corrected chi connectivity index (χ3v) is 5.07.